The number of hydrogen-bond donors (Lipinski definition) is 0. The summed E-state index contributed by atoms with van der Waals surface area (Å²) >= 11 is 0. The van der Waals surface area contributed by atoms with Crippen molar-refractivity contribution in [3.8, 4) is 0 Å². The van der Waals surface area contributed by atoms with E-state index in [2.05, 4.69) is 4.98 Å². The predicted octanol–water partition coefficient (Wildman–Crippen LogP) is 1.50. The molecule has 1 aromatic rings. The van der Waals surface area contributed by atoms with Crippen molar-refractivity contribution < 1.29 is 9.53 Å². The van der Waals surface area contributed by atoms with E-state index in [1.54, 1.807) is 6.92 Å². The lowest BCUT2D eigenvalue weighted by molar-refractivity contribution is -0.142. The normalized spacial score (nSPS) is 9.69. The summed E-state index contributed by atoms with van der Waals surface area (Å²) in [7, 11) is 0. The Balaban J connectivity index is 2.58. The molecule has 0 aromatic carbocycles. The van der Waals surface area contributed by atoms with Crippen LogP contribution in [-0.4, -0.2) is 17.6 Å². The first kappa shape index (κ1) is 9.71. The molecule has 13 heavy (non-hydrogen) atoms. The van der Waals surface area contributed by atoms with Crippen LogP contribution in [0.5, 0.6) is 0 Å². The summed E-state index contributed by atoms with van der Waals surface area (Å²) in [6.45, 7) is 4.11. The molecule has 0 saturated carbocycles. The molecule has 1 rings (SSSR count). The number of carbonyl (C=O) groups excluding carboxylic acids is 1. The number of esters is 1. The van der Waals surface area contributed by atoms with Gasteiger partial charge in [-0.25, -0.2) is 0 Å². The summed E-state index contributed by atoms with van der Waals surface area (Å²) in [6, 6.07) is 5.61. The summed E-state index contributed by atoms with van der Waals surface area (Å²) in [6.07, 6.45) is 0.259. The Morgan fingerprint density at radius 2 is 2.31 bits per heavy atom. The third-order valence-corrected chi connectivity index (χ3v) is 1.58. The second-order valence-electron chi connectivity index (χ2n) is 2.75. The third kappa shape index (κ3) is 3.23. The Morgan fingerprint density at radius 3 is 2.92 bits per heavy atom. The Hall–Kier alpha value is -1.38. The number of pyridine rings is 1. The van der Waals surface area contributed by atoms with Crippen LogP contribution >= 0.6 is 0 Å². The summed E-state index contributed by atoms with van der Waals surface area (Å²) in [5.41, 5.74) is 1.68. The lowest BCUT2D eigenvalue weighted by Gasteiger charge is -2.01. The molecule has 70 valence electrons. The van der Waals surface area contributed by atoms with Gasteiger partial charge in [-0.15, -0.1) is 0 Å². The minimum absolute atomic E-state index is 0.222. The van der Waals surface area contributed by atoms with E-state index in [9.17, 15) is 4.79 Å². The zero-order chi connectivity index (χ0) is 9.68. The largest absolute Gasteiger partial charge is 0.466 e. The van der Waals surface area contributed by atoms with E-state index in [1.165, 1.54) is 0 Å². The van der Waals surface area contributed by atoms with Gasteiger partial charge in [0.25, 0.3) is 0 Å². The maximum Gasteiger partial charge on any atom is 0.311 e. The number of rotatable bonds is 3. The monoisotopic (exact) mass is 179 g/mol. The number of ether oxygens (including phenoxy) is 1. The molecule has 0 unspecified atom stereocenters. The van der Waals surface area contributed by atoms with Gasteiger partial charge in [0.1, 0.15) is 0 Å². The molecule has 0 aliphatic heterocycles. The first-order valence-electron chi connectivity index (χ1n) is 4.30. The van der Waals surface area contributed by atoms with Gasteiger partial charge < -0.3 is 4.74 Å². The number of carbonyl (C=O) groups is 1. The fourth-order valence-corrected chi connectivity index (χ4v) is 1.06. The molecule has 0 aliphatic rings. The summed E-state index contributed by atoms with van der Waals surface area (Å²) in [5, 5.41) is 0. The highest BCUT2D eigenvalue weighted by Crippen LogP contribution is 1.99. The molecular weight excluding hydrogens is 166 g/mol. The van der Waals surface area contributed by atoms with Crippen molar-refractivity contribution >= 4 is 5.97 Å². The van der Waals surface area contributed by atoms with Crippen molar-refractivity contribution in [3.63, 3.8) is 0 Å². The molecular formula is C10H13NO2. The minimum Gasteiger partial charge on any atom is -0.466 e. The van der Waals surface area contributed by atoms with E-state index >= 15 is 0 Å². The van der Waals surface area contributed by atoms with E-state index in [4.69, 9.17) is 4.74 Å². The Bertz CT molecular complexity index is 297. The smallest absolute Gasteiger partial charge is 0.311 e. The first-order chi connectivity index (χ1) is 6.22. The maximum atomic E-state index is 11.1. The minimum atomic E-state index is -0.222. The van der Waals surface area contributed by atoms with Gasteiger partial charge in [0.15, 0.2) is 0 Å². The van der Waals surface area contributed by atoms with Crippen LogP contribution in [0.4, 0.5) is 0 Å². The molecule has 0 amide bonds. The summed E-state index contributed by atoms with van der Waals surface area (Å²) < 4.78 is 4.81. The third-order valence-electron chi connectivity index (χ3n) is 1.58. The van der Waals surface area contributed by atoms with Crippen LogP contribution < -0.4 is 0 Å². The standard InChI is InChI=1S/C10H13NO2/c1-3-13-10(12)7-9-6-4-5-8(2)11-9/h4-6H,3,7H2,1-2H3. The zero-order valence-electron chi connectivity index (χ0n) is 7.91. The van der Waals surface area contributed by atoms with Crippen LogP contribution in [0.3, 0.4) is 0 Å². The molecule has 1 heterocycles. The number of nitrogens with zero attached hydrogens (tertiary/aromatic N) is 1. The number of aryl methyl sites for hydroxylation is 1. The van der Waals surface area contributed by atoms with E-state index in [1.807, 2.05) is 25.1 Å². The van der Waals surface area contributed by atoms with Gasteiger partial charge in [-0.2, -0.15) is 0 Å². The van der Waals surface area contributed by atoms with Crippen LogP contribution in [-0.2, 0) is 16.0 Å². The van der Waals surface area contributed by atoms with Gasteiger partial charge in [-0.1, -0.05) is 6.07 Å². The second-order valence-corrected chi connectivity index (χ2v) is 2.75. The molecule has 0 spiro atoms. The van der Waals surface area contributed by atoms with Gasteiger partial charge in [-0.05, 0) is 26.0 Å². The van der Waals surface area contributed by atoms with Crippen molar-refractivity contribution in [1.29, 1.82) is 0 Å². The van der Waals surface area contributed by atoms with E-state index in [0.29, 0.717) is 6.61 Å². The topological polar surface area (TPSA) is 39.2 Å². The highest BCUT2D eigenvalue weighted by molar-refractivity contribution is 5.71. The number of aromatic nitrogens is 1. The van der Waals surface area contributed by atoms with Gasteiger partial charge in [0.2, 0.25) is 0 Å². The van der Waals surface area contributed by atoms with Crippen LogP contribution in [0.2, 0.25) is 0 Å². The fourth-order valence-electron chi connectivity index (χ4n) is 1.06. The molecule has 0 fully saturated rings. The highest BCUT2D eigenvalue weighted by atomic mass is 16.5. The van der Waals surface area contributed by atoms with Crippen molar-refractivity contribution in [2.75, 3.05) is 6.61 Å². The fraction of sp³-hybridized carbons (Fsp3) is 0.400. The van der Waals surface area contributed by atoms with Crippen molar-refractivity contribution in [1.82, 2.24) is 4.98 Å². The predicted molar refractivity (Wildman–Crippen MR) is 49.3 cm³/mol. The molecule has 1 aromatic heterocycles. The Labute approximate surface area is 77.8 Å². The average molecular weight is 179 g/mol. The van der Waals surface area contributed by atoms with Crippen LogP contribution in [0, 0.1) is 6.92 Å². The van der Waals surface area contributed by atoms with E-state index in [0.717, 1.165) is 11.4 Å². The lowest BCUT2D eigenvalue weighted by Crippen LogP contribution is -2.08. The van der Waals surface area contributed by atoms with Gasteiger partial charge in [-0.3, -0.25) is 9.78 Å². The van der Waals surface area contributed by atoms with Crippen molar-refractivity contribution in [2.24, 2.45) is 0 Å². The van der Waals surface area contributed by atoms with Gasteiger partial charge in [0, 0.05) is 5.69 Å². The Kier molecular flexibility index (Phi) is 3.43. The van der Waals surface area contributed by atoms with Crippen molar-refractivity contribution in [3.05, 3.63) is 29.6 Å². The second kappa shape index (κ2) is 4.60. The van der Waals surface area contributed by atoms with Crippen molar-refractivity contribution in [2.45, 2.75) is 20.3 Å². The number of hydrogen-bond acceptors (Lipinski definition) is 3. The quantitative estimate of drug-likeness (QED) is 0.660. The van der Waals surface area contributed by atoms with Gasteiger partial charge >= 0.3 is 5.97 Å². The molecule has 3 heteroatoms. The molecule has 0 saturated heterocycles. The maximum absolute atomic E-state index is 11.1. The average Bonchev–Trinajstić information content (AvgIpc) is 2.04. The molecule has 0 N–H and O–H groups in total. The van der Waals surface area contributed by atoms with E-state index in [-0.39, 0.29) is 12.4 Å². The van der Waals surface area contributed by atoms with Crippen LogP contribution in [0.1, 0.15) is 18.3 Å². The molecule has 0 atom stereocenters. The summed E-state index contributed by atoms with van der Waals surface area (Å²) in [5.74, 6) is -0.222. The van der Waals surface area contributed by atoms with Gasteiger partial charge in [0.05, 0.1) is 18.7 Å². The lowest BCUT2D eigenvalue weighted by atomic mass is 10.2. The molecule has 3 nitrogen and oxygen atoms in total. The highest BCUT2D eigenvalue weighted by Gasteiger charge is 2.04. The molecule has 0 radical (unpaired) electrons. The van der Waals surface area contributed by atoms with Crippen LogP contribution in [0.25, 0.3) is 0 Å². The van der Waals surface area contributed by atoms with E-state index < -0.39 is 0 Å². The molecule has 0 bridgehead atoms. The molecule has 0 aliphatic carbocycles. The zero-order valence-corrected chi connectivity index (χ0v) is 7.91. The Morgan fingerprint density at radius 1 is 1.54 bits per heavy atom. The van der Waals surface area contributed by atoms with Crippen LogP contribution in [0.15, 0.2) is 18.2 Å². The SMILES string of the molecule is CCOC(=O)Cc1cccc(C)n1. The first-order valence-corrected chi connectivity index (χ1v) is 4.30. The summed E-state index contributed by atoms with van der Waals surface area (Å²) in [4.78, 5) is 15.3.